The second-order valence-corrected chi connectivity index (χ2v) is 4.28. The van der Waals surface area contributed by atoms with Crippen molar-refractivity contribution < 1.29 is 19.8 Å². The van der Waals surface area contributed by atoms with E-state index >= 15 is 0 Å². The summed E-state index contributed by atoms with van der Waals surface area (Å²) in [6, 6.07) is 5.84. The quantitative estimate of drug-likeness (QED) is 0.511. The first-order chi connectivity index (χ1) is 9.49. The molecule has 1 rings (SSSR count). The second-order valence-electron chi connectivity index (χ2n) is 4.28. The molecule has 0 heterocycles. The van der Waals surface area contributed by atoms with Gasteiger partial charge in [-0.3, -0.25) is 0 Å². The van der Waals surface area contributed by atoms with Crippen LogP contribution in [0.2, 0.25) is 0 Å². The number of urea groups is 1. The van der Waals surface area contributed by atoms with E-state index in [-0.39, 0.29) is 17.4 Å². The third-order valence-corrected chi connectivity index (χ3v) is 2.58. The molecule has 3 N–H and O–H groups in total. The highest BCUT2D eigenvalue weighted by Gasteiger charge is 2.01. The van der Waals surface area contributed by atoms with E-state index in [1.54, 1.807) is 12.1 Å². The van der Waals surface area contributed by atoms with E-state index in [1.807, 2.05) is 0 Å². The van der Waals surface area contributed by atoms with Crippen LogP contribution in [0.15, 0.2) is 36.4 Å². The van der Waals surface area contributed by atoms with Crippen LogP contribution in [0.4, 0.5) is 10.5 Å². The number of phenolic OH excluding ortho intramolecular Hbond substituents is 1. The van der Waals surface area contributed by atoms with Crippen molar-refractivity contribution in [2.75, 3.05) is 11.9 Å². The molecule has 6 nitrogen and oxygen atoms in total. The van der Waals surface area contributed by atoms with Gasteiger partial charge < -0.3 is 25.6 Å². The molecular weight excluding hydrogens is 260 g/mol. The fourth-order valence-electron chi connectivity index (χ4n) is 1.53. The number of amides is 2. The Bertz CT molecular complexity index is 500. The predicted octanol–water partition coefficient (Wildman–Crippen LogP) is 0.990. The van der Waals surface area contributed by atoms with Crippen LogP contribution in [-0.2, 0) is 4.79 Å². The van der Waals surface area contributed by atoms with Gasteiger partial charge in [-0.15, -0.1) is 0 Å². The number of hydrogen-bond acceptors (Lipinski definition) is 4. The predicted molar refractivity (Wildman–Crippen MR) is 73.1 cm³/mol. The van der Waals surface area contributed by atoms with Crippen LogP contribution < -0.4 is 15.7 Å². The van der Waals surface area contributed by atoms with Crippen molar-refractivity contribution in [1.82, 2.24) is 5.32 Å². The first kappa shape index (κ1) is 15.6. The minimum atomic E-state index is -1.24. The number of rotatable bonds is 7. The van der Waals surface area contributed by atoms with Crippen LogP contribution in [0.1, 0.15) is 19.3 Å². The summed E-state index contributed by atoms with van der Waals surface area (Å²) < 4.78 is 0. The van der Waals surface area contributed by atoms with Crippen LogP contribution in [0.5, 0.6) is 5.75 Å². The van der Waals surface area contributed by atoms with E-state index in [9.17, 15) is 19.8 Å². The largest absolute Gasteiger partial charge is 0.545 e. The third-order valence-electron chi connectivity index (χ3n) is 2.58. The maximum Gasteiger partial charge on any atom is 0.319 e. The molecule has 0 radical (unpaired) electrons. The maximum atomic E-state index is 11.5. The summed E-state index contributed by atoms with van der Waals surface area (Å²) in [6.07, 6.45) is 1.59. The summed E-state index contributed by atoms with van der Waals surface area (Å²) in [4.78, 5) is 21.9. The molecule has 0 bridgehead atoms. The molecule has 0 saturated heterocycles. The monoisotopic (exact) mass is 277 g/mol. The van der Waals surface area contributed by atoms with E-state index in [1.165, 1.54) is 12.1 Å². The van der Waals surface area contributed by atoms with Gasteiger partial charge in [-0.2, -0.15) is 0 Å². The van der Waals surface area contributed by atoms with Gasteiger partial charge in [0.1, 0.15) is 5.75 Å². The third kappa shape index (κ3) is 5.90. The molecule has 2 amide bonds. The van der Waals surface area contributed by atoms with E-state index < -0.39 is 5.97 Å². The number of aromatic hydroxyl groups is 1. The maximum absolute atomic E-state index is 11.5. The number of carbonyl (C=O) groups is 2. The summed E-state index contributed by atoms with van der Waals surface area (Å²) in [5.41, 5.74) is 0.557. The summed E-state index contributed by atoms with van der Waals surface area (Å²) in [6.45, 7) is 3.79. The van der Waals surface area contributed by atoms with E-state index in [4.69, 9.17) is 0 Å². The Morgan fingerprint density at radius 3 is 2.70 bits per heavy atom. The molecule has 0 unspecified atom stereocenters. The normalized spacial score (nSPS) is 9.80. The molecule has 0 fully saturated rings. The summed E-state index contributed by atoms with van der Waals surface area (Å²) in [5.74, 6) is -1.16. The van der Waals surface area contributed by atoms with E-state index in [0.29, 0.717) is 31.5 Å². The zero-order valence-corrected chi connectivity index (χ0v) is 11.0. The molecule has 0 aliphatic heterocycles. The first-order valence-electron chi connectivity index (χ1n) is 6.22. The summed E-state index contributed by atoms with van der Waals surface area (Å²) in [5, 5.41) is 24.8. The smallest absolute Gasteiger partial charge is 0.319 e. The van der Waals surface area contributed by atoms with Gasteiger partial charge in [0.2, 0.25) is 0 Å². The molecule has 0 aromatic heterocycles. The Morgan fingerprint density at radius 2 is 2.05 bits per heavy atom. The number of hydrogen-bond donors (Lipinski definition) is 3. The number of unbranched alkanes of at least 4 members (excludes halogenated alkanes) is 1. The number of carboxylic acids is 1. The Kier molecular flexibility index (Phi) is 6.09. The minimum Gasteiger partial charge on any atom is -0.545 e. The number of carbonyl (C=O) groups excluding carboxylic acids is 2. The van der Waals surface area contributed by atoms with Crippen molar-refractivity contribution in [3.05, 3.63) is 36.4 Å². The van der Waals surface area contributed by atoms with Gasteiger partial charge >= 0.3 is 6.03 Å². The highest BCUT2D eigenvalue weighted by atomic mass is 16.4. The van der Waals surface area contributed by atoms with Gasteiger partial charge in [-0.05, 0) is 37.0 Å². The van der Waals surface area contributed by atoms with Crippen LogP contribution in [-0.4, -0.2) is 23.7 Å². The fraction of sp³-hybridized carbons (Fsp3) is 0.286. The summed E-state index contributed by atoms with van der Waals surface area (Å²) in [7, 11) is 0. The van der Waals surface area contributed by atoms with Crippen molar-refractivity contribution in [1.29, 1.82) is 0 Å². The molecule has 1 aromatic carbocycles. The Labute approximate surface area is 117 Å². The molecule has 0 aliphatic rings. The Balaban J connectivity index is 2.18. The lowest BCUT2D eigenvalue weighted by atomic mass is 10.1. The fourth-order valence-corrected chi connectivity index (χ4v) is 1.53. The molecule has 0 spiro atoms. The van der Waals surface area contributed by atoms with Crippen LogP contribution in [0.3, 0.4) is 0 Å². The first-order valence-corrected chi connectivity index (χ1v) is 6.22. The zero-order valence-electron chi connectivity index (χ0n) is 11.0. The topological polar surface area (TPSA) is 101 Å². The number of carboxylic acid groups (broad SMARTS) is 1. The lowest BCUT2D eigenvalue weighted by Crippen LogP contribution is -2.29. The molecule has 1 aromatic rings. The van der Waals surface area contributed by atoms with Gasteiger partial charge in [0.05, 0.1) is 5.97 Å². The van der Waals surface area contributed by atoms with E-state index in [0.717, 1.165) is 0 Å². The number of anilines is 1. The lowest BCUT2D eigenvalue weighted by molar-refractivity contribution is -0.299. The molecule has 6 heteroatoms. The Hall–Kier alpha value is -2.50. The van der Waals surface area contributed by atoms with Gasteiger partial charge in [0, 0.05) is 18.3 Å². The van der Waals surface area contributed by atoms with E-state index in [2.05, 4.69) is 17.2 Å². The molecule has 20 heavy (non-hydrogen) atoms. The highest BCUT2D eigenvalue weighted by molar-refractivity contribution is 5.89. The molecule has 0 aliphatic carbocycles. The van der Waals surface area contributed by atoms with Gasteiger partial charge in [-0.1, -0.05) is 12.6 Å². The van der Waals surface area contributed by atoms with Crippen LogP contribution in [0, 0.1) is 0 Å². The van der Waals surface area contributed by atoms with Crippen molar-refractivity contribution >= 4 is 17.7 Å². The number of phenols is 1. The average molecular weight is 277 g/mol. The SMILES string of the molecule is C=C(CCCCNC(=O)Nc1cccc(O)c1)C(=O)[O-]. The molecule has 0 atom stereocenters. The number of nitrogens with one attached hydrogen (secondary N) is 2. The lowest BCUT2D eigenvalue weighted by Gasteiger charge is -2.09. The van der Waals surface area contributed by atoms with Crippen LogP contribution in [0.25, 0.3) is 0 Å². The molecule has 108 valence electrons. The van der Waals surface area contributed by atoms with Gasteiger partial charge in [-0.25, -0.2) is 4.79 Å². The van der Waals surface area contributed by atoms with Crippen molar-refractivity contribution in [2.24, 2.45) is 0 Å². The second kappa shape index (κ2) is 7.83. The standard InChI is InChI=1S/C14H18N2O4/c1-10(13(18)19)5-2-3-8-15-14(20)16-11-6-4-7-12(17)9-11/h4,6-7,9,17H,1-3,5,8H2,(H,18,19)(H2,15,16,20)/p-1. The minimum absolute atomic E-state index is 0.0641. The van der Waals surface area contributed by atoms with Crippen molar-refractivity contribution in [2.45, 2.75) is 19.3 Å². The van der Waals surface area contributed by atoms with Crippen LogP contribution >= 0.6 is 0 Å². The zero-order chi connectivity index (χ0) is 15.0. The van der Waals surface area contributed by atoms with Gasteiger partial charge in [0.25, 0.3) is 0 Å². The highest BCUT2D eigenvalue weighted by Crippen LogP contribution is 2.14. The number of aliphatic carboxylic acids is 1. The average Bonchev–Trinajstić information content (AvgIpc) is 2.37. The molecular formula is C14H17N2O4-. The van der Waals surface area contributed by atoms with Gasteiger partial charge in [0.15, 0.2) is 0 Å². The number of benzene rings is 1. The summed E-state index contributed by atoms with van der Waals surface area (Å²) >= 11 is 0. The molecule has 0 saturated carbocycles. The Morgan fingerprint density at radius 1 is 1.30 bits per heavy atom. The van der Waals surface area contributed by atoms with Crippen molar-refractivity contribution in [3.8, 4) is 5.75 Å². The van der Waals surface area contributed by atoms with Crippen molar-refractivity contribution in [3.63, 3.8) is 0 Å².